The van der Waals surface area contributed by atoms with Crippen molar-refractivity contribution in [2.75, 3.05) is 12.3 Å². The van der Waals surface area contributed by atoms with Crippen LogP contribution in [0.2, 0.25) is 10.0 Å². The molecule has 1 aromatic rings. The van der Waals surface area contributed by atoms with Crippen molar-refractivity contribution in [3.63, 3.8) is 0 Å². The molecule has 1 aromatic carbocycles. The summed E-state index contributed by atoms with van der Waals surface area (Å²) in [4.78, 5) is 24.1. The van der Waals surface area contributed by atoms with Crippen molar-refractivity contribution >= 4 is 40.8 Å². The van der Waals surface area contributed by atoms with E-state index >= 15 is 0 Å². The highest BCUT2D eigenvalue weighted by Gasteiger charge is 2.28. The van der Waals surface area contributed by atoms with Crippen LogP contribution in [0.1, 0.15) is 43.5 Å². The number of nitrogen functional groups attached to an aromatic ring is 1. The fraction of sp³-hybridized carbons (Fsp3) is 0.529. The molecule has 7 heteroatoms. The summed E-state index contributed by atoms with van der Waals surface area (Å²) < 4.78 is 5.04. The highest BCUT2D eigenvalue weighted by atomic mass is 35.5. The van der Waals surface area contributed by atoms with Gasteiger partial charge in [0.1, 0.15) is 0 Å². The minimum Gasteiger partial charge on any atom is -0.452 e. The van der Waals surface area contributed by atoms with E-state index in [0.717, 1.165) is 12.8 Å². The first-order valence-electron chi connectivity index (χ1n) is 8.00. The smallest absolute Gasteiger partial charge is 0.340 e. The molecule has 0 saturated heterocycles. The third kappa shape index (κ3) is 4.54. The molecule has 0 spiro atoms. The summed E-state index contributed by atoms with van der Waals surface area (Å²) in [6.07, 6.45) is 3.22. The maximum atomic E-state index is 12.1. The minimum atomic E-state index is -0.725. The SMILES string of the molecule is C[C@H]1[C@@H](NC(=O)COC(=O)c2cc(Cl)cc(Cl)c2N)CCC[C@@H]1C. The van der Waals surface area contributed by atoms with Gasteiger partial charge >= 0.3 is 5.97 Å². The van der Waals surface area contributed by atoms with E-state index in [4.69, 9.17) is 33.7 Å². The Bertz CT molecular complexity index is 637. The molecule has 1 amide bonds. The largest absolute Gasteiger partial charge is 0.452 e. The third-order valence-corrected chi connectivity index (χ3v) is 5.23. The van der Waals surface area contributed by atoms with Gasteiger partial charge in [-0.3, -0.25) is 4.79 Å². The summed E-state index contributed by atoms with van der Waals surface area (Å²) >= 11 is 11.7. The van der Waals surface area contributed by atoms with Gasteiger partial charge in [-0.2, -0.15) is 0 Å². The molecule has 2 rings (SSSR count). The van der Waals surface area contributed by atoms with E-state index in [1.165, 1.54) is 18.6 Å². The second-order valence-electron chi connectivity index (χ2n) is 6.37. The van der Waals surface area contributed by atoms with Crippen LogP contribution in [-0.2, 0) is 9.53 Å². The molecule has 1 aliphatic rings. The molecule has 3 N–H and O–H groups in total. The first kappa shape index (κ1) is 18.9. The molecule has 1 saturated carbocycles. The van der Waals surface area contributed by atoms with Crippen molar-refractivity contribution in [1.82, 2.24) is 5.32 Å². The number of rotatable bonds is 4. The molecule has 132 valence electrons. The quantitative estimate of drug-likeness (QED) is 0.623. The predicted molar refractivity (Wildman–Crippen MR) is 95.3 cm³/mol. The highest BCUT2D eigenvalue weighted by molar-refractivity contribution is 6.37. The molecule has 1 fully saturated rings. The number of carbonyl (C=O) groups is 2. The van der Waals surface area contributed by atoms with E-state index in [-0.39, 0.29) is 39.9 Å². The maximum Gasteiger partial charge on any atom is 0.340 e. The zero-order chi connectivity index (χ0) is 17.9. The molecular weight excluding hydrogens is 351 g/mol. The lowest BCUT2D eigenvalue weighted by Crippen LogP contribution is -2.45. The van der Waals surface area contributed by atoms with Crippen LogP contribution in [0, 0.1) is 11.8 Å². The van der Waals surface area contributed by atoms with Crippen molar-refractivity contribution in [2.45, 2.75) is 39.2 Å². The predicted octanol–water partition coefficient (Wildman–Crippen LogP) is 3.67. The van der Waals surface area contributed by atoms with Gasteiger partial charge in [0, 0.05) is 11.1 Å². The lowest BCUT2D eigenvalue weighted by atomic mass is 9.78. The summed E-state index contributed by atoms with van der Waals surface area (Å²) in [7, 11) is 0. The molecule has 0 aliphatic heterocycles. The Labute approximate surface area is 151 Å². The van der Waals surface area contributed by atoms with E-state index in [9.17, 15) is 9.59 Å². The fourth-order valence-corrected chi connectivity index (χ4v) is 3.49. The first-order chi connectivity index (χ1) is 11.3. The number of hydrogen-bond acceptors (Lipinski definition) is 4. The van der Waals surface area contributed by atoms with Crippen molar-refractivity contribution in [3.8, 4) is 0 Å². The van der Waals surface area contributed by atoms with Crippen LogP contribution in [0.4, 0.5) is 5.69 Å². The normalized spacial score (nSPS) is 23.6. The molecule has 5 nitrogen and oxygen atoms in total. The Hall–Kier alpha value is -1.46. The maximum absolute atomic E-state index is 12.1. The van der Waals surface area contributed by atoms with E-state index in [1.807, 2.05) is 0 Å². The van der Waals surface area contributed by atoms with Crippen LogP contribution in [-0.4, -0.2) is 24.5 Å². The Balaban J connectivity index is 1.91. The monoisotopic (exact) mass is 372 g/mol. The van der Waals surface area contributed by atoms with Gasteiger partial charge in [-0.25, -0.2) is 4.79 Å². The number of anilines is 1. The fourth-order valence-electron chi connectivity index (χ4n) is 3.00. The molecule has 24 heavy (non-hydrogen) atoms. The van der Waals surface area contributed by atoms with Crippen molar-refractivity contribution in [3.05, 3.63) is 27.7 Å². The molecule has 0 unspecified atom stereocenters. The van der Waals surface area contributed by atoms with Gasteiger partial charge in [-0.05, 0) is 30.4 Å². The Morgan fingerprint density at radius 3 is 2.71 bits per heavy atom. The third-order valence-electron chi connectivity index (χ3n) is 4.70. The average molecular weight is 373 g/mol. The second-order valence-corrected chi connectivity index (χ2v) is 7.21. The molecule has 0 bridgehead atoms. The lowest BCUT2D eigenvalue weighted by Gasteiger charge is -2.34. The average Bonchev–Trinajstić information content (AvgIpc) is 2.53. The number of esters is 1. The van der Waals surface area contributed by atoms with Gasteiger partial charge in [-0.15, -0.1) is 0 Å². The summed E-state index contributed by atoms with van der Waals surface area (Å²) in [6, 6.07) is 2.92. The minimum absolute atomic E-state index is 0.0555. The Morgan fingerprint density at radius 2 is 2.00 bits per heavy atom. The molecule has 0 radical (unpaired) electrons. The number of halogens is 2. The number of amides is 1. The van der Waals surface area contributed by atoms with Crippen LogP contribution in [0.5, 0.6) is 0 Å². The van der Waals surface area contributed by atoms with Gasteiger partial charge in [-0.1, -0.05) is 49.9 Å². The Morgan fingerprint density at radius 1 is 1.29 bits per heavy atom. The van der Waals surface area contributed by atoms with Crippen LogP contribution in [0.3, 0.4) is 0 Å². The molecular formula is C17H22Cl2N2O3. The molecule has 1 aliphatic carbocycles. The topological polar surface area (TPSA) is 81.4 Å². The summed E-state index contributed by atoms with van der Waals surface area (Å²) in [6.45, 7) is 3.96. The molecule has 0 aromatic heterocycles. The number of benzene rings is 1. The second kappa shape index (κ2) is 8.08. The standard InChI is InChI=1S/C17H22Cl2N2O3/c1-9-4-3-5-14(10(9)2)21-15(22)8-24-17(23)12-6-11(18)7-13(19)16(12)20/h6-7,9-10,14H,3-5,8,20H2,1-2H3,(H,21,22)/t9-,10+,14-/m0/s1. The van der Waals surface area contributed by atoms with E-state index < -0.39 is 5.97 Å². The number of nitrogens with one attached hydrogen (secondary N) is 1. The first-order valence-corrected chi connectivity index (χ1v) is 8.76. The van der Waals surface area contributed by atoms with E-state index in [0.29, 0.717) is 11.8 Å². The van der Waals surface area contributed by atoms with Crippen LogP contribution in [0.25, 0.3) is 0 Å². The van der Waals surface area contributed by atoms with Crippen molar-refractivity contribution in [1.29, 1.82) is 0 Å². The van der Waals surface area contributed by atoms with Crippen molar-refractivity contribution < 1.29 is 14.3 Å². The summed E-state index contributed by atoms with van der Waals surface area (Å²) in [5, 5.41) is 3.39. The summed E-state index contributed by atoms with van der Waals surface area (Å²) in [5.41, 5.74) is 5.89. The molecule has 0 heterocycles. The van der Waals surface area contributed by atoms with Crippen LogP contribution in [0.15, 0.2) is 12.1 Å². The zero-order valence-corrected chi connectivity index (χ0v) is 15.3. The van der Waals surface area contributed by atoms with Gasteiger partial charge in [0.25, 0.3) is 5.91 Å². The zero-order valence-electron chi connectivity index (χ0n) is 13.8. The van der Waals surface area contributed by atoms with Gasteiger partial charge < -0.3 is 15.8 Å². The highest BCUT2D eigenvalue weighted by Crippen LogP contribution is 2.30. The van der Waals surface area contributed by atoms with E-state index in [1.54, 1.807) is 0 Å². The number of hydrogen-bond donors (Lipinski definition) is 2. The van der Waals surface area contributed by atoms with Gasteiger partial charge in [0.05, 0.1) is 16.3 Å². The van der Waals surface area contributed by atoms with Gasteiger partial charge in [0.2, 0.25) is 0 Å². The van der Waals surface area contributed by atoms with Gasteiger partial charge in [0.15, 0.2) is 6.61 Å². The van der Waals surface area contributed by atoms with Crippen LogP contribution >= 0.6 is 23.2 Å². The van der Waals surface area contributed by atoms with Crippen molar-refractivity contribution in [2.24, 2.45) is 11.8 Å². The number of carbonyl (C=O) groups excluding carboxylic acids is 2. The molecule has 3 atom stereocenters. The Kier molecular flexibility index (Phi) is 6.35. The van der Waals surface area contributed by atoms with E-state index in [2.05, 4.69) is 19.2 Å². The number of ether oxygens (including phenoxy) is 1. The van der Waals surface area contributed by atoms with Crippen LogP contribution < -0.4 is 11.1 Å². The summed E-state index contributed by atoms with van der Waals surface area (Å²) in [5.74, 6) is -0.0705. The lowest BCUT2D eigenvalue weighted by molar-refractivity contribution is -0.125. The number of nitrogens with two attached hydrogens (primary N) is 1.